The van der Waals surface area contributed by atoms with E-state index in [1.54, 1.807) is 19.9 Å². The molecule has 0 bridgehead atoms. The number of phosphoric acid groups is 1. The summed E-state index contributed by atoms with van der Waals surface area (Å²) >= 11 is 0. The SMILES string of the molecule is CC(C)C(=O)Nc1nc2c(ncn2[C@@H]2O[C@H](CO)[C@@H](F)[C@H]2OP(=O)(OCCC#N)OCC2C[C@@H](Nc3ccncn3)[C@H](F)[C@@H]2[PH](=O)O)c(=O)[nH]1. The fraction of sp³-hybridized carbons (Fsp3) is 0.593. The van der Waals surface area contributed by atoms with E-state index in [0.29, 0.717) is 0 Å². The highest BCUT2D eigenvalue weighted by Gasteiger charge is 2.52. The minimum absolute atomic E-state index is 0.0740. The number of rotatable bonds is 15. The predicted molar refractivity (Wildman–Crippen MR) is 170 cm³/mol. The van der Waals surface area contributed by atoms with Crippen LogP contribution in [-0.4, -0.2) is 101 Å². The number of nitrogens with one attached hydrogen (secondary N) is 3. The number of aliphatic hydroxyl groups is 1. The number of aliphatic hydroxyl groups excluding tert-OH is 1. The third-order valence-corrected chi connectivity index (χ3v) is 10.9. The Balaban J connectivity index is 1.42. The first-order chi connectivity index (χ1) is 23.9. The molecule has 3 unspecified atom stereocenters. The van der Waals surface area contributed by atoms with Crippen LogP contribution in [-0.2, 0) is 32.2 Å². The first kappa shape index (κ1) is 37.5. The van der Waals surface area contributed by atoms with Gasteiger partial charge in [0, 0.05) is 12.1 Å². The van der Waals surface area contributed by atoms with Crippen molar-refractivity contribution in [2.75, 3.05) is 30.5 Å². The van der Waals surface area contributed by atoms with Crippen molar-refractivity contribution in [2.45, 2.75) is 69.2 Å². The number of nitrogens with zero attached hydrogens (tertiary/aromatic N) is 6. The molecule has 0 spiro atoms. The lowest BCUT2D eigenvalue weighted by Crippen LogP contribution is -2.32. The van der Waals surface area contributed by atoms with Crippen LogP contribution in [0, 0.1) is 23.2 Å². The molecule has 1 aliphatic heterocycles. The number of aromatic amines is 1. The summed E-state index contributed by atoms with van der Waals surface area (Å²) in [5.41, 5.74) is -2.63. The number of carbonyl (C=O) groups excluding carboxylic acids is 1. The van der Waals surface area contributed by atoms with Crippen molar-refractivity contribution in [3.8, 4) is 6.07 Å². The Morgan fingerprint density at radius 3 is 2.76 bits per heavy atom. The van der Waals surface area contributed by atoms with Gasteiger partial charge in [0.2, 0.25) is 11.9 Å². The maximum atomic E-state index is 15.8. The second-order valence-electron chi connectivity index (χ2n) is 11.8. The van der Waals surface area contributed by atoms with Crippen LogP contribution in [0.2, 0.25) is 0 Å². The van der Waals surface area contributed by atoms with Crippen molar-refractivity contribution in [1.29, 1.82) is 5.26 Å². The zero-order valence-electron chi connectivity index (χ0n) is 26.6. The van der Waals surface area contributed by atoms with Crippen LogP contribution in [0.5, 0.6) is 0 Å². The Labute approximate surface area is 283 Å². The number of aromatic nitrogens is 6. The molecule has 23 heteroatoms. The second-order valence-corrected chi connectivity index (χ2v) is 14.7. The fourth-order valence-electron chi connectivity index (χ4n) is 5.58. The van der Waals surface area contributed by atoms with E-state index in [4.69, 9.17) is 23.6 Å². The third-order valence-electron chi connectivity index (χ3n) is 8.07. The van der Waals surface area contributed by atoms with Gasteiger partial charge in [0.15, 0.2) is 31.6 Å². The zero-order valence-corrected chi connectivity index (χ0v) is 28.5. The quantitative estimate of drug-likeness (QED) is 0.110. The van der Waals surface area contributed by atoms with Crippen molar-refractivity contribution >= 4 is 44.7 Å². The standard InChI is InChI=1S/C27H35F2N9O10P2/c1-13(2)24(40)36-27-35-23-20(25(41)37-27)33-12-38(23)26-21(19(29)16(9-39)47-26)48-50(44,45-7-3-5-30)46-10-14-8-15(18(28)22(14)49(42)43)34-17-4-6-31-11-32-17/h4,6,11-16,18-19,21-22,26,39,49H,3,7-10H2,1-2H3,(H,42,43)(H,31,32,34)(H2,35,36,37,40,41)/t14?,15-,16-,18+,19-,21-,22-,26-,50?/m1/s1. The Hall–Kier alpha value is -3.73. The summed E-state index contributed by atoms with van der Waals surface area (Å²) in [4.78, 5) is 53.4. The molecular formula is C27H35F2N9O10P2. The maximum absolute atomic E-state index is 15.8. The summed E-state index contributed by atoms with van der Waals surface area (Å²) in [5.74, 6) is -1.95. The molecule has 1 saturated carbocycles. The predicted octanol–water partition coefficient (Wildman–Crippen LogP) is 1.85. The van der Waals surface area contributed by atoms with Crippen molar-refractivity contribution < 1.29 is 51.0 Å². The van der Waals surface area contributed by atoms with E-state index in [1.165, 1.54) is 18.6 Å². The summed E-state index contributed by atoms with van der Waals surface area (Å²) in [6.07, 6.45) is -5.72. The van der Waals surface area contributed by atoms with Gasteiger partial charge in [-0.2, -0.15) is 10.2 Å². The number of hydrogen-bond acceptors (Lipinski definition) is 15. The van der Waals surface area contributed by atoms with Gasteiger partial charge in [-0.3, -0.25) is 42.6 Å². The summed E-state index contributed by atoms with van der Waals surface area (Å²) < 4.78 is 80.9. The molecule has 19 nitrogen and oxygen atoms in total. The molecule has 1 saturated heterocycles. The molecule has 2 fully saturated rings. The number of H-pyrrole nitrogens is 1. The number of alkyl halides is 2. The molecule has 4 heterocycles. The third kappa shape index (κ3) is 8.24. The molecule has 2 aliphatic rings. The van der Waals surface area contributed by atoms with Gasteiger partial charge < -0.3 is 20.1 Å². The van der Waals surface area contributed by atoms with Gasteiger partial charge in [0.05, 0.1) is 50.3 Å². The van der Waals surface area contributed by atoms with E-state index in [1.807, 2.05) is 0 Å². The molecule has 0 aromatic carbocycles. The number of phosphoric ester groups is 1. The molecule has 3 aromatic heterocycles. The molecule has 10 atom stereocenters. The number of halogens is 2. The van der Waals surface area contributed by atoms with E-state index in [2.05, 4.69) is 35.6 Å². The van der Waals surface area contributed by atoms with Crippen molar-refractivity contribution in [1.82, 2.24) is 29.5 Å². The summed E-state index contributed by atoms with van der Waals surface area (Å²) in [5, 5.41) is 24.2. The van der Waals surface area contributed by atoms with Gasteiger partial charge in [0.25, 0.3) is 5.56 Å². The molecular weight excluding hydrogens is 710 g/mol. The highest BCUT2D eigenvalue weighted by atomic mass is 31.2. The Kier molecular flexibility index (Phi) is 12.1. The smallest absolute Gasteiger partial charge is 0.394 e. The van der Waals surface area contributed by atoms with E-state index in [9.17, 15) is 28.7 Å². The lowest BCUT2D eigenvalue weighted by Gasteiger charge is -2.27. The summed E-state index contributed by atoms with van der Waals surface area (Å²) in [6.45, 7) is 1.22. The van der Waals surface area contributed by atoms with Crippen molar-refractivity contribution in [3.05, 3.63) is 35.3 Å². The Morgan fingerprint density at radius 1 is 1.32 bits per heavy atom. The van der Waals surface area contributed by atoms with Crippen LogP contribution < -0.4 is 16.2 Å². The largest absolute Gasteiger partial charge is 0.475 e. The number of hydrogen-bond donors (Lipinski definition) is 5. The Bertz CT molecular complexity index is 1830. The fourth-order valence-corrected chi connectivity index (χ4v) is 8.12. The average Bonchev–Trinajstić information content (AvgIpc) is 3.73. The van der Waals surface area contributed by atoms with Crippen LogP contribution in [0.1, 0.15) is 32.9 Å². The van der Waals surface area contributed by atoms with E-state index >= 15 is 8.78 Å². The number of amides is 1. The number of imidazole rings is 1. The highest BCUT2D eigenvalue weighted by molar-refractivity contribution is 7.48. The molecule has 5 rings (SSSR count). The normalized spacial score (nSPS) is 28.4. The van der Waals surface area contributed by atoms with Crippen LogP contribution in [0.15, 0.2) is 29.7 Å². The number of carbonyl (C=O) groups is 1. The second kappa shape index (κ2) is 16.1. The highest BCUT2D eigenvalue weighted by Crippen LogP contribution is 2.56. The Morgan fingerprint density at radius 2 is 2.10 bits per heavy atom. The van der Waals surface area contributed by atoms with Crippen LogP contribution in [0.4, 0.5) is 20.5 Å². The van der Waals surface area contributed by atoms with Gasteiger partial charge in [-0.15, -0.1) is 0 Å². The van der Waals surface area contributed by atoms with E-state index in [0.717, 1.165) is 10.9 Å². The lowest BCUT2D eigenvalue weighted by atomic mass is 10.1. The summed E-state index contributed by atoms with van der Waals surface area (Å²) in [7, 11) is -8.41. The maximum Gasteiger partial charge on any atom is 0.475 e. The molecule has 3 aromatic rings. The van der Waals surface area contributed by atoms with Crippen LogP contribution in [0.25, 0.3) is 11.2 Å². The van der Waals surface area contributed by atoms with Gasteiger partial charge in [-0.05, 0) is 18.4 Å². The molecule has 1 aliphatic carbocycles. The molecule has 1 amide bonds. The van der Waals surface area contributed by atoms with Crippen molar-refractivity contribution in [2.24, 2.45) is 11.8 Å². The van der Waals surface area contributed by atoms with Gasteiger partial charge in [-0.1, -0.05) is 13.8 Å². The number of nitriles is 1. The number of anilines is 2. The average molecular weight is 746 g/mol. The minimum Gasteiger partial charge on any atom is -0.394 e. The van der Waals surface area contributed by atoms with Gasteiger partial charge in [-0.25, -0.2) is 28.3 Å². The van der Waals surface area contributed by atoms with Gasteiger partial charge in [0.1, 0.15) is 30.5 Å². The van der Waals surface area contributed by atoms with E-state index < -0.39 is 101 Å². The number of fused-ring (bicyclic) bond motifs is 1. The van der Waals surface area contributed by atoms with Gasteiger partial charge >= 0.3 is 7.82 Å². The molecule has 0 radical (unpaired) electrons. The van der Waals surface area contributed by atoms with Crippen LogP contribution >= 0.6 is 15.9 Å². The minimum atomic E-state index is -4.90. The lowest BCUT2D eigenvalue weighted by molar-refractivity contribution is -0.118. The molecule has 50 heavy (non-hydrogen) atoms. The molecule has 272 valence electrons. The number of ether oxygens (including phenoxy) is 1. The van der Waals surface area contributed by atoms with E-state index in [-0.39, 0.29) is 35.8 Å². The monoisotopic (exact) mass is 745 g/mol. The molecule has 5 N–H and O–H groups in total. The van der Waals surface area contributed by atoms with Crippen molar-refractivity contribution in [3.63, 3.8) is 0 Å². The summed E-state index contributed by atoms with van der Waals surface area (Å²) in [6, 6.07) is 2.27. The first-order valence-electron chi connectivity index (χ1n) is 15.4. The zero-order chi connectivity index (χ0) is 36.2. The topological polar surface area (TPSA) is 266 Å². The first-order valence-corrected chi connectivity index (χ1v) is 18.3. The van der Waals surface area contributed by atoms with Crippen LogP contribution in [0.3, 0.4) is 0 Å².